The lowest BCUT2D eigenvalue weighted by Crippen LogP contribution is -2.19. The first-order valence-corrected chi connectivity index (χ1v) is 4.34. The number of hydrogen-bond donors (Lipinski definition) is 2. The third kappa shape index (κ3) is 1.00. The third-order valence-corrected chi connectivity index (χ3v) is 2.22. The second-order valence-corrected chi connectivity index (χ2v) is 3.08. The minimum absolute atomic E-state index is 0.123. The summed E-state index contributed by atoms with van der Waals surface area (Å²) in [5.41, 5.74) is 1.12. The predicted octanol–water partition coefficient (Wildman–Crippen LogP) is -0.438. The molecule has 0 fully saturated rings. The molecule has 0 aliphatic heterocycles. The fourth-order valence-electron chi connectivity index (χ4n) is 1.52. The van der Waals surface area contributed by atoms with Crippen LogP contribution < -0.4 is 11.2 Å². The Bertz CT molecular complexity index is 588. The second-order valence-electron chi connectivity index (χ2n) is 3.08. The van der Waals surface area contributed by atoms with Gasteiger partial charge in [-0.3, -0.25) is 15.0 Å². The molecule has 0 bridgehead atoms. The Morgan fingerprint density at radius 3 is 3.00 bits per heavy atom. The van der Waals surface area contributed by atoms with E-state index in [1.54, 1.807) is 11.6 Å². The maximum atomic E-state index is 11.5. The maximum absolute atomic E-state index is 11.5. The lowest BCUT2D eigenvalue weighted by molar-refractivity contribution is 0.746. The molecule has 2 aromatic heterocycles. The van der Waals surface area contributed by atoms with Crippen molar-refractivity contribution in [2.45, 2.75) is 13.5 Å². The van der Waals surface area contributed by atoms with Crippen LogP contribution in [0.4, 0.5) is 0 Å². The Morgan fingerprint density at radius 2 is 2.36 bits per heavy atom. The van der Waals surface area contributed by atoms with E-state index in [0.29, 0.717) is 17.7 Å². The molecular formula is C8H11N5O. The zero-order chi connectivity index (χ0) is 10.3. The average molecular weight is 193 g/mol. The molecule has 0 amide bonds. The van der Waals surface area contributed by atoms with Crippen LogP contribution in [-0.4, -0.2) is 19.1 Å². The first-order valence-electron chi connectivity index (χ1n) is 4.34. The summed E-state index contributed by atoms with van der Waals surface area (Å²) in [5.74, 6) is 0. The molecule has 6 nitrogen and oxygen atoms in total. The number of rotatable bonds is 1. The molecule has 0 unspecified atom stereocenters. The molecular weight excluding hydrogens is 182 g/mol. The normalized spacial score (nSPS) is 11.0. The molecule has 2 N–H and O–H groups in total. The van der Waals surface area contributed by atoms with Gasteiger partial charge in [0.15, 0.2) is 5.49 Å². The topological polar surface area (TPSA) is 79.5 Å². The van der Waals surface area contributed by atoms with Crippen LogP contribution in [0.5, 0.6) is 0 Å². The van der Waals surface area contributed by atoms with Crippen LogP contribution in [-0.2, 0) is 13.6 Å². The highest BCUT2D eigenvalue weighted by molar-refractivity contribution is 5.69. The molecule has 6 heteroatoms. The number of nitrogens with zero attached hydrogens (tertiary/aromatic N) is 3. The van der Waals surface area contributed by atoms with E-state index in [1.807, 2.05) is 6.92 Å². The number of H-pyrrole nitrogens is 1. The smallest absolute Gasteiger partial charge is 0.320 e. The van der Waals surface area contributed by atoms with Gasteiger partial charge in [0.1, 0.15) is 11.2 Å². The van der Waals surface area contributed by atoms with E-state index in [2.05, 4.69) is 9.97 Å². The molecule has 0 saturated heterocycles. The van der Waals surface area contributed by atoms with E-state index in [9.17, 15) is 4.79 Å². The SMILES string of the molecule is CCn1c(=O)[nH]c2c1c(=N)ncn2C. The summed E-state index contributed by atoms with van der Waals surface area (Å²) >= 11 is 0. The van der Waals surface area contributed by atoms with Gasteiger partial charge in [-0.2, -0.15) is 0 Å². The molecule has 14 heavy (non-hydrogen) atoms. The number of hydrogen-bond acceptors (Lipinski definition) is 3. The summed E-state index contributed by atoms with van der Waals surface area (Å²) in [7, 11) is 1.78. The third-order valence-electron chi connectivity index (χ3n) is 2.22. The molecule has 0 aliphatic carbocycles. The first-order chi connectivity index (χ1) is 6.65. The lowest BCUT2D eigenvalue weighted by atomic mass is 10.5. The van der Waals surface area contributed by atoms with E-state index in [0.717, 1.165) is 0 Å². The van der Waals surface area contributed by atoms with E-state index in [1.165, 1.54) is 10.9 Å². The summed E-state index contributed by atoms with van der Waals surface area (Å²) in [6, 6.07) is 0. The number of aryl methyl sites for hydroxylation is 2. The van der Waals surface area contributed by atoms with Crippen molar-refractivity contribution in [1.82, 2.24) is 19.1 Å². The average Bonchev–Trinajstić information content (AvgIpc) is 2.50. The number of aromatic amines is 1. The molecule has 2 rings (SSSR count). The summed E-state index contributed by atoms with van der Waals surface area (Å²) in [6.45, 7) is 2.40. The van der Waals surface area contributed by atoms with Crippen LogP contribution in [0.1, 0.15) is 6.92 Å². The fourth-order valence-corrected chi connectivity index (χ4v) is 1.52. The van der Waals surface area contributed by atoms with Crippen LogP contribution in [0.25, 0.3) is 11.2 Å². The van der Waals surface area contributed by atoms with Crippen molar-refractivity contribution in [3.8, 4) is 0 Å². The summed E-state index contributed by atoms with van der Waals surface area (Å²) in [6.07, 6.45) is 1.51. The van der Waals surface area contributed by atoms with Crippen molar-refractivity contribution in [2.24, 2.45) is 7.05 Å². The minimum Gasteiger partial charge on any atom is -0.320 e. The van der Waals surface area contributed by atoms with Gasteiger partial charge >= 0.3 is 5.69 Å². The number of imidazole rings is 1. The van der Waals surface area contributed by atoms with Crippen molar-refractivity contribution in [3.63, 3.8) is 0 Å². The number of nitrogens with one attached hydrogen (secondary N) is 2. The standard InChI is InChI=1S/C8H11N5O/c1-3-13-5-6(9)10-4-12(2)7(5)11-8(13)14/h4,9H,3H2,1-2H3,(H,11,14). The molecule has 0 atom stereocenters. The minimum atomic E-state index is -0.195. The predicted molar refractivity (Wildman–Crippen MR) is 50.9 cm³/mol. The van der Waals surface area contributed by atoms with Gasteiger partial charge in [0.2, 0.25) is 0 Å². The van der Waals surface area contributed by atoms with Gasteiger partial charge in [0.05, 0.1) is 6.33 Å². The fraction of sp³-hybridized carbons (Fsp3) is 0.375. The van der Waals surface area contributed by atoms with E-state index < -0.39 is 0 Å². The van der Waals surface area contributed by atoms with Gasteiger partial charge in [-0.05, 0) is 6.92 Å². The van der Waals surface area contributed by atoms with E-state index in [4.69, 9.17) is 5.41 Å². The van der Waals surface area contributed by atoms with Gasteiger partial charge in [0.25, 0.3) is 0 Å². The monoisotopic (exact) mass is 193 g/mol. The van der Waals surface area contributed by atoms with Gasteiger partial charge in [-0.1, -0.05) is 0 Å². The van der Waals surface area contributed by atoms with Crippen LogP contribution in [0.2, 0.25) is 0 Å². The number of aromatic nitrogens is 4. The summed E-state index contributed by atoms with van der Waals surface area (Å²) < 4.78 is 3.20. The maximum Gasteiger partial charge on any atom is 0.327 e. The molecule has 0 saturated carbocycles. The Hall–Kier alpha value is -1.85. The van der Waals surface area contributed by atoms with Crippen molar-refractivity contribution >= 4 is 11.2 Å². The molecule has 2 heterocycles. The summed E-state index contributed by atoms with van der Waals surface area (Å²) in [5, 5.41) is 7.61. The van der Waals surface area contributed by atoms with Gasteiger partial charge in [-0.15, -0.1) is 0 Å². The molecule has 0 aromatic carbocycles. The Morgan fingerprint density at radius 1 is 1.64 bits per heavy atom. The first kappa shape index (κ1) is 8.74. The zero-order valence-corrected chi connectivity index (χ0v) is 8.03. The molecule has 0 aliphatic rings. The zero-order valence-electron chi connectivity index (χ0n) is 8.03. The highest BCUT2D eigenvalue weighted by atomic mass is 16.1. The van der Waals surface area contributed by atoms with Gasteiger partial charge in [0, 0.05) is 13.6 Å². The van der Waals surface area contributed by atoms with Crippen LogP contribution in [0.15, 0.2) is 11.1 Å². The Kier molecular flexibility index (Phi) is 1.77. The number of fused-ring (bicyclic) bond motifs is 1. The molecule has 0 spiro atoms. The summed E-state index contributed by atoms with van der Waals surface area (Å²) in [4.78, 5) is 18.0. The van der Waals surface area contributed by atoms with E-state index >= 15 is 0 Å². The van der Waals surface area contributed by atoms with Gasteiger partial charge in [-0.25, -0.2) is 9.78 Å². The van der Waals surface area contributed by atoms with Gasteiger partial charge < -0.3 is 4.57 Å². The lowest BCUT2D eigenvalue weighted by Gasteiger charge is -2.00. The van der Waals surface area contributed by atoms with E-state index in [-0.39, 0.29) is 11.2 Å². The highest BCUT2D eigenvalue weighted by Crippen LogP contribution is 2.01. The van der Waals surface area contributed by atoms with Crippen molar-refractivity contribution in [1.29, 1.82) is 5.41 Å². The second kappa shape index (κ2) is 2.83. The van der Waals surface area contributed by atoms with Crippen LogP contribution >= 0.6 is 0 Å². The van der Waals surface area contributed by atoms with Crippen molar-refractivity contribution in [3.05, 3.63) is 22.3 Å². The van der Waals surface area contributed by atoms with Crippen molar-refractivity contribution < 1.29 is 0 Å². The van der Waals surface area contributed by atoms with Crippen LogP contribution in [0, 0.1) is 5.41 Å². The van der Waals surface area contributed by atoms with Crippen LogP contribution in [0.3, 0.4) is 0 Å². The highest BCUT2D eigenvalue weighted by Gasteiger charge is 2.08. The Balaban J connectivity index is 3.09. The Labute approximate surface area is 79.3 Å². The molecule has 74 valence electrons. The molecule has 2 aromatic rings. The largest absolute Gasteiger partial charge is 0.327 e. The molecule has 0 radical (unpaired) electrons. The quantitative estimate of drug-likeness (QED) is 0.644. The van der Waals surface area contributed by atoms with Crippen molar-refractivity contribution in [2.75, 3.05) is 0 Å².